The molecule has 3 rings (SSSR count). The van der Waals surface area contributed by atoms with Crippen molar-refractivity contribution in [1.82, 2.24) is 0 Å². The summed E-state index contributed by atoms with van der Waals surface area (Å²) in [5.74, 6) is 0. The Labute approximate surface area is 128 Å². The van der Waals surface area contributed by atoms with Gasteiger partial charge in [0.25, 0.3) is 0 Å². The third kappa shape index (κ3) is 2.64. The summed E-state index contributed by atoms with van der Waals surface area (Å²) in [5.41, 5.74) is 2.44. The van der Waals surface area contributed by atoms with Crippen molar-refractivity contribution in [2.24, 2.45) is 0 Å². The Morgan fingerprint density at radius 3 is 2.52 bits per heavy atom. The fraction of sp³-hybridized carbons (Fsp3) is 0.125. The van der Waals surface area contributed by atoms with E-state index in [0.29, 0.717) is 9.79 Å². The van der Waals surface area contributed by atoms with Crippen LogP contribution < -0.4 is 0 Å². The van der Waals surface area contributed by atoms with Crippen molar-refractivity contribution < 1.29 is 13.5 Å². The summed E-state index contributed by atoms with van der Waals surface area (Å²) in [5, 5.41) is 9.24. The molecule has 2 atom stereocenters. The van der Waals surface area contributed by atoms with Gasteiger partial charge >= 0.3 is 0 Å². The van der Waals surface area contributed by atoms with Crippen molar-refractivity contribution in [2.45, 2.75) is 21.3 Å². The molecule has 2 aromatic rings. The number of benzene rings is 2. The third-order valence-corrected chi connectivity index (χ3v) is 5.86. The lowest BCUT2D eigenvalue weighted by molar-refractivity contribution is 0.281. The van der Waals surface area contributed by atoms with Crippen LogP contribution in [0.4, 0.5) is 0 Å². The first-order chi connectivity index (χ1) is 10.1. The van der Waals surface area contributed by atoms with Crippen LogP contribution in [0.25, 0.3) is 12.2 Å². The highest BCUT2D eigenvalue weighted by atomic mass is 32.2. The summed E-state index contributed by atoms with van der Waals surface area (Å²) < 4.78 is 24.4. The molecule has 0 radical (unpaired) electrons. The zero-order chi connectivity index (χ0) is 15.0. The Kier molecular flexibility index (Phi) is 3.89. The molecular weight excluding hydrogens is 304 g/mol. The Hall–Kier alpha value is -1.56. The molecule has 3 nitrogen and oxygen atoms in total. The lowest BCUT2D eigenvalue weighted by atomic mass is 10.1. The van der Waals surface area contributed by atoms with E-state index < -0.39 is 21.6 Å². The van der Waals surface area contributed by atoms with Gasteiger partial charge in [0.05, 0.1) is 27.2 Å². The van der Waals surface area contributed by atoms with E-state index in [0.717, 1.165) is 21.6 Å². The first-order valence-corrected chi connectivity index (χ1v) is 9.12. The standard InChI is InChI=1S/C16H14O3S2/c1-20(18)14-6-7-15-13(9-14)5-4-12-3-2-11(10-17)8-16(12)21(15)19/h2-9,17H,10H2,1H3. The molecular formula is C16H14O3S2. The average Bonchev–Trinajstić information content (AvgIpc) is 2.64. The third-order valence-electron chi connectivity index (χ3n) is 3.42. The van der Waals surface area contributed by atoms with Gasteiger partial charge in [0.15, 0.2) is 0 Å². The molecule has 0 aliphatic carbocycles. The molecule has 1 N–H and O–H groups in total. The predicted molar refractivity (Wildman–Crippen MR) is 84.7 cm³/mol. The minimum Gasteiger partial charge on any atom is -0.392 e. The first kappa shape index (κ1) is 14.4. The number of aliphatic hydroxyl groups is 1. The number of hydrogen-bond donors (Lipinski definition) is 1. The van der Waals surface area contributed by atoms with Crippen molar-refractivity contribution >= 4 is 33.8 Å². The van der Waals surface area contributed by atoms with Gasteiger partial charge < -0.3 is 5.11 Å². The maximum absolute atomic E-state index is 12.8. The fourth-order valence-electron chi connectivity index (χ4n) is 2.28. The van der Waals surface area contributed by atoms with E-state index in [4.69, 9.17) is 0 Å². The Morgan fingerprint density at radius 2 is 1.81 bits per heavy atom. The van der Waals surface area contributed by atoms with Crippen LogP contribution >= 0.6 is 0 Å². The van der Waals surface area contributed by atoms with Gasteiger partial charge in [-0.2, -0.15) is 0 Å². The van der Waals surface area contributed by atoms with Crippen LogP contribution in [0.1, 0.15) is 16.7 Å². The molecule has 2 aromatic carbocycles. The molecule has 2 unspecified atom stereocenters. The minimum absolute atomic E-state index is 0.0746. The lowest BCUT2D eigenvalue weighted by Gasteiger charge is -2.08. The van der Waals surface area contributed by atoms with E-state index in [1.54, 1.807) is 24.5 Å². The summed E-state index contributed by atoms with van der Waals surface area (Å²) in [6.45, 7) is -0.0746. The van der Waals surface area contributed by atoms with Crippen molar-refractivity contribution in [1.29, 1.82) is 0 Å². The Bertz CT molecular complexity index is 794. The van der Waals surface area contributed by atoms with Gasteiger partial charge in [-0.3, -0.25) is 4.21 Å². The van der Waals surface area contributed by atoms with E-state index in [9.17, 15) is 13.5 Å². The molecule has 0 amide bonds. The number of hydrogen-bond acceptors (Lipinski definition) is 3. The SMILES string of the molecule is CS(=O)c1ccc2c(c1)C=Cc1ccc(CO)cc1S2=O. The van der Waals surface area contributed by atoms with Gasteiger partial charge in [-0.25, -0.2) is 4.21 Å². The van der Waals surface area contributed by atoms with Crippen molar-refractivity contribution in [2.75, 3.05) is 6.26 Å². The van der Waals surface area contributed by atoms with Gasteiger partial charge in [-0.15, -0.1) is 0 Å². The molecule has 5 heteroatoms. The van der Waals surface area contributed by atoms with Crippen LogP contribution in [0.3, 0.4) is 0 Å². The molecule has 0 saturated carbocycles. The molecule has 0 fully saturated rings. The quantitative estimate of drug-likeness (QED) is 0.790. The zero-order valence-electron chi connectivity index (χ0n) is 11.4. The fourth-order valence-corrected chi connectivity index (χ4v) is 4.21. The van der Waals surface area contributed by atoms with Gasteiger partial charge in [0, 0.05) is 22.0 Å². The highest BCUT2D eigenvalue weighted by Crippen LogP contribution is 2.31. The molecule has 0 bridgehead atoms. The first-order valence-electron chi connectivity index (χ1n) is 6.41. The topological polar surface area (TPSA) is 54.4 Å². The molecule has 1 heterocycles. The molecule has 0 aromatic heterocycles. The van der Waals surface area contributed by atoms with Crippen LogP contribution in [-0.4, -0.2) is 19.8 Å². The highest BCUT2D eigenvalue weighted by Gasteiger charge is 2.18. The second kappa shape index (κ2) is 5.67. The van der Waals surface area contributed by atoms with Crippen molar-refractivity contribution in [3.8, 4) is 0 Å². The van der Waals surface area contributed by atoms with E-state index in [2.05, 4.69) is 0 Å². The smallest absolute Gasteiger partial charge is 0.0861 e. The maximum Gasteiger partial charge on any atom is 0.0861 e. The van der Waals surface area contributed by atoms with Crippen LogP contribution in [0.2, 0.25) is 0 Å². The maximum atomic E-state index is 12.8. The lowest BCUT2D eigenvalue weighted by Crippen LogP contribution is -1.99. The summed E-state index contributed by atoms with van der Waals surface area (Å²) in [4.78, 5) is 2.12. The number of fused-ring (bicyclic) bond motifs is 2. The second-order valence-electron chi connectivity index (χ2n) is 4.79. The van der Waals surface area contributed by atoms with E-state index in [1.807, 2.05) is 30.4 Å². The largest absolute Gasteiger partial charge is 0.392 e. The summed E-state index contributed by atoms with van der Waals surface area (Å²) in [6, 6.07) is 10.8. The number of rotatable bonds is 2. The van der Waals surface area contributed by atoms with Gasteiger partial charge in [-0.1, -0.05) is 24.3 Å². The van der Waals surface area contributed by atoms with Gasteiger partial charge in [-0.05, 0) is 41.0 Å². The summed E-state index contributed by atoms with van der Waals surface area (Å²) in [6.07, 6.45) is 5.43. The molecule has 0 spiro atoms. The highest BCUT2D eigenvalue weighted by molar-refractivity contribution is 7.85. The monoisotopic (exact) mass is 318 g/mol. The Balaban J connectivity index is 2.18. The van der Waals surface area contributed by atoms with E-state index in [-0.39, 0.29) is 6.61 Å². The van der Waals surface area contributed by atoms with Crippen LogP contribution in [0.5, 0.6) is 0 Å². The number of aliphatic hydroxyl groups excluding tert-OH is 1. The van der Waals surface area contributed by atoms with Crippen LogP contribution in [0, 0.1) is 0 Å². The van der Waals surface area contributed by atoms with E-state index in [1.165, 1.54) is 0 Å². The molecule has 108 valence electrons. The van der Waals surface area contributed by atoms with Crippen molar-refractivity contribution in [3.63, 3.8) is 0 Å². The molecule has 21 heavy (non-hydrogen) atoms. The van der Waals surface area contributed by atoms with Crippen molar-refractivity contribution in [3.05, 3.63) is 53.1 Å². The summed E-state index contributed by atoms with van der Waals surface area (Å²) in [7, 11) is -2.38. The van der Waals surface area contributed by atoms with Crippen LogP contribution in [-0.2, 0) is 28.2 Å². The second-order valence-corrected chi connectivity index (χ2v) is 7.58. The average molecular weight is 318 g/mol. The molecule has 0 saturated heterocycles. The minimum atomic E-state index is -1.31. The van der Waals surface area contributed by atoms with Crippen LogP contribution in [0.15, 0.2) is 51.1 Å². The van der Waals surface area contributed by atoms with Gasteiger partial charge in [0.1, 0.15) is 0 Å². The van der Waals surface area contributed by atoms with E-state index >= 15 is 0 Å². The molecule has 1 aliphatic heterocycles. The Morgan fingerprint density at radius 1 is 1.05 bits per heavy atom. The summed E-state index contributed by atoms with van der Waals surface area (Å²) >= 11 is 0. The molecule has 1 aliphatic rings. The zero-order valence-corrected chi connectivity index (χ0v) is 13.0. The van der Waals surface area contributed by atoms with Gasteiger partial charge in [0.2, 0.25) is 0 Å². The normalized spacial score (nSPS) is 17.7. The predicted octanol–water partition coefficient (Wildman–Crippen LogP) is 2.57.